The second-order valence-corrected chi connectivity index (χ2v) is 7.78. The van der Waals surface area contributed by atoms with Crippen molar-refractivity contribution in [2.75, 3.05) is 20.1 Å². The van der Waals surface area contributed by atoms with Crippen LogP contribution in [0.15, 0.2) is 59.5 Å². The van der Waals surface area contributed by atoms with Crippen molar-refractivity contribution in [2.45, 2.75) is 18.4 Å². The van der Waals surface area contributed by atoms with E-state index in [1.165, 1.54) is 11.4 Å². The Morgan fingerprint density at radius 2 is 1.64 bits per heavy atom. The van der Waals surface area contributed by atoms with Gasteiger partial charge in [-0.1, -0.05) is 48.0 Å². The molecule has 2 amide bonds. The van der Waals surface area contributed by atoms with Gasteiger partial charge in [-0.2, -0.15) is 4.31 Å². The van der Waals surface area contributed by atoms with Gasteiger partial charge in [0, 0.05) is 26.7 Å². The molecule has 0 spiro atoms. The molecular formula is C18H23N3O3S. The predicted octanol–water partition coefficient (Wildman–Crippen LogP) is 2.11. The Kier molecular flexibility index (Phi) is 6.55. The van der Waals surface area contributed by atoms with Crippen molar-refractivity contribution in [2.24, 2.45) is 0 Å². The van der Waals surface area contributed by atoms with Gasteiger partial charge in [-0.15, -0.1) is 0 Å². The van der Waals surface area contributed by atoms with Crippen molar-refractivity contribution < 1.29 is 13.2 Å². The highest BCUT2D eigenvalue weighted by Crippen LogP contribution is 2.14. The van der Waals surface area contributed by atoms with Gasteiger partial charge in [-0.05, 0) is 24.6 Å². The Labute approximate surface area is 148 Å². The number of amides is 2. The van der Waals surface area contributed by atoms with Gasteiger partial charge in [0.15, 0.2) is 0 Å². The van der Waals surface area contributed by atoms with Gasteiger partial charge in [-0.3, -0.25) is 0 Å². The first kappa shape index (κ1) is 19.0. The quantitative estimate of drug-likeness (QED) is 0.793. The van der Waals surface area contributed by atoms with Crippen molar-refractivity contribution in [1.29, 1.82) is 0 Å². The topological polar surface area (TPSA) is 78.5 Å². The Morgan fingerprint density at radius 1 is 1.00 bits per heavy atom. The average molecular weight is 361 g/mol. The molecule has 0 saturated carbocycles. The molecule has 0 aliphatic heterocycles. The monoisotopic (exact) mass is 361 g/mol. The van der Waals surface area contributed by atoms with E-state index in [2.05, 4.69) is 10.6 Å². The summed E-state index contributed by atoms with van der Waals surface area (Å²) in [5.41, 5.74) is 2.00. The van der Waals surface area contributed by atoms with Crippen LogP contribution in [-0.4, -0.2) is 38.9 Å². The third kappa shape index (κ3) is 5.58. The van der Waals surface area contributed by atoms with Crippen molar-refractivity contribution in [3.8, 4) is 0 Å². The number of sulfonamides is 1. The fraction of sp³-hybridized carbons (Fsp3) is 0.278. The molecule has 0 aliphatic rings. The van der Waals surface area contributed by atoms with E-state index >= 15 is 0 Å². The lowest BCUT2D eigenvalue weighted by Gasteiger charge is -2.17. The SMILES string of the molecule is Cc1ccc(S(=O)(=O)N(C)CCNC(=O)NCc2ccccc2)cc1. The van der Waals surface area contributed by atoms with Gasteiger partial charge >= 0.3 is 6.03 Å². The summed E-state index contributed by atoms with van der Waals surface area (Å²) in [6, 6.07) is 15.9. The summed E-state index contributed by atoms with van der Waals surface area (Å²) in [6.07, 6.45) is 0. The van der Waals surface area contributed by atoms with Crippen molar-refractivity contribution in [3.05, 3.63) is 65.7 Å². The van der Waals surface area contributed by atoms with Gasteiger partial charge in [0.25, 0.3) is 0 Å². The second-order valence-electron chi connectivity index (χ2n) is 5.73. The molecule has 0 unspecified atom stereocenters. The molecule has 0 atom stereocenters. The molecule has 134 valence electrons. The Bertz CT molecular complexity index is 790. The van der Waals surface area contributed by atoms with Crippen molar-refractivity contribution in [3.63, 3.8) is 0 Å². The number of aryl methyl sites for hydroxylation is 1. The minimum atomic E-state index is -3.55. The molecule has 7 heteroatoms. The first-order valence-electron chi connectivity index (χ1n) is 7.98. The molecule has 0 aliphatic carbocycles. The zero-order valence-electron chi connectivity index (χ0n) is 14.4. The van der Waals surface area contributed by atoms with Crippen LogP contribution in [0.2, 0.25) is 0 Å². The highest BCUT2D eigenvalue weighted by Gasteiger charge is 2.20. The first-order valence-corrected chi connectivity index (χ1v) is 9.42. The first-order chi connectivity index (χ1) is 11.9. The Morgan fingerprint density at radius 3 is 2.28 bits per heavy atom. The number of likely N-dealkylation sites (N-methyl/N-ethyl adjacent to an activating group) is 1. The number of carbonyl (C=O) groups excluding carboxylic acids is 1. The van der Waals surface area contributed by atoms with Gasteiger partial charge in [0.2, 0.25) is 10.0 Å². The molecule has 0 bridgehead atoms. The molecule has 0 heterocycles. The molecule has 2 aromatic carbocycles. The van der Waals surface area contributed by atoms with E-state index in [9.17, 15) is 13.2 Å². The lowest BCUT2D eigenvalue weighted by atomic mass is 10.2. The summed E-state index contributed by atoms with van der Waals surface area (Å²) >= 11 is 0. The molecule has 25 heavy (non-hydrogen) atoms. The highest BCUT2D eigenvalue weighted by molar-refractivity contribution is 7.89. The van der Waals surface area contributed by atoms with E-state index in [1.54, 1.807) is 24.3 Å². The standard InChI is InChI=1S/C18H23N3O3S/c1-15-8-10-17(11-9-15)25(23,24)21(2)13-12-19-18(22)20-14-16-6-4-3-5-7-16/h3-11H,12-14H2,1-2H3,(H2,19,20,22). The molecule has 2 N–H and O–H groups in total. The van der Waals surface area contributed by atoms with E-state index in [0.29, 0.717) is 6.54 Å². The van der Waals surface area contributed by atoms with E-state index in [0.717, 1.165) is 11.1 Å². The number of nitrogens with one attached hydrogen (secondary N) is 2. The Hall–Kier alpha value is -2.38. The zero-order chi connectivity index (χ0) is 18.3. The third-order valence-corrected chi connectivity index (χ3v) is 5.61. The van der Waals surface area contributed by atoms with E-state index in [1.807, 2.05) is 37.3 Å². The maximum Gasteiger partial charge on any atom is 0.315 e. The third-order valence-electron chi connectivity index (χ3n) is 3.74. The molecule has 0 aromatic heterocycles. The highest BCUT2D eigenvalue weighted by atomic mass is 32.2. The largest absolute Gasteiger partial charge is 0.337 e. The summed E-state index contributed by atoms with van der Waals surface area (Å²) in [7, 11) is -2.05. The summed E-state index contributed by atoms with van der Waals surface area (Å²) in [6.45, 7) is 2.74. The fourth-order valence-corrected chi connectivity index (χ4v) is 3.35. The van der Waals surface area contributed by atoms with Crippen molar-refractivity contribution in [1.82, 2.24) is 14.9 Å². The average Bonchev–Trinajstić information content (AvgIpc) is 2.61. The molecule has 0 fully saturated rings. The molecule has 0 saturated heterocycles. The number of benzene rings is 2. The summed E-state index contributed by atoms with van der Waals surface area (Å²) in [4.78, 5) is 12.0. The number of carbonyl (C=O) groups is 1. The number of nitrogens with zero attached hydrogens (tertiary/aromatic N) is 1. The fourth-order valence-electron chi connectivity index (χ4n) is 2.18. The van der Waals surface area contributed by atoms with E-state index in [-0.39, 0.29) is 24.0 Å². The van der Waals surface area contributed by atoms with E-state index in [4.69, 9.17) is 0 Å². The molecule has 2 rings (SSSR count). The van der Waals surface area contributed by atoms with Gasteiger partial charge < -0.3 is 10.6 Å². The van der Waals surface area contributed by atoms with Crippen LogP contribution in [-0.2, 0) is 16.6 Å². The van der Waals surface area contributed by atoms with Crippen LogP contribution in [0.1, 0.15) is 11.1 Å². The number of urea groups is 1. The maximum absolute atomic E-state index is 12.4. The molecule has 0 radical (unpaired) electrons. The van der Waals surface area contributed by atoms with Crippen molar-refractivity contribution >= 4 is 16.1 Å². The van der Waals surface area contributed by atoms with Crippen LogP contribution in [0.4, 0.5) is 4.79 Å². The van der Waals surface area contributed by atoms with Crippen LogP contribution >= 0.6 is 0 Å². The van der Waals surface area contributed by atoms with Crippen LogP contribution < -0.4 is 10.6 Å². The molecule has 6 nitrogen and oxygen atoms in total. The minimum Gasteiger partial charge on any atom is -0.337 e. The number of hydrogen-bond acceptors (Lipinski definition) is 3. The smallest absolute Gasteiger partial charge is 0.315 e. The van der Waals surface area contributed by atoms with Gasteiger partial charge in [-0.25, -0.2) is 13.2 Å². The lowest BCUT2D eigenvalue weighted by Crippen LogP contribution is -2.40. The van der Waals surface area contributed by atoms with Crippen LogP contribution in [0.3, 0.4) is 0 Å². The predicted molar refractivity (Wildman–Crippen MR) is 97.7 cm³/mol. The lowest BCUT2D eigenvalue weighted by molar-refractivity contribution is 0.240. The van der Waals surface area contributed by atoms with E-state index < -0.39 is 10.0 Å². The van der Waals surface area contributed by atoms with Crippen LogP contribution in [0.5, 0.6) is 0 Å². The number of hydrogen-bond donors (Lipinski definition) is 2. The molecular weight excluding hydrogens is 338 g/mol. The summed E-state index contributed by atoms with van der Waals surface area (Å²) in [5.74, 6) is 0. The van der Waals surface area contributed by atoms with Gasteiger partial charge in [0.05, 0.1) is 4.90 Å². The summed E-state index contributed by atoms with van der Waals surface area (Å²) in [5, 5.41) is 5.39. The zero-order valence-corrected chi connectivity index (χ0v) is 15.2. The molecule has 2 aromatic rings. The summed E-state index contributed by atoms with van der Waals surface area (Å²) < 4.78 is 26.1. The normalized spacial score (nSPS) is 11.3. The second kappa shape index (κ2) is 8.64. The van der Waals surface area contributed by atoms with Crippen LogP contribution in [0, 0.1) is 6.92 Å². The van der Waals surface area contributed by atoms with Gasteiger partial charge in [0.1, 0.15) is 0 Å². The maximum atomic E-state index is 12.4. The number of rotatable bonds is 7. The van der Waals surface area contributed by atoms with Crippen LogP contribution in [0.25, 0.3) is 0 Å². The minimum absolute atomic E-state index is 0.189. The Balaban J connectivity index is 1.78.